The first-order valence-electron chi connectivity index (χ1n) is 15.1. The SMILES string of the molecule is c1cc(-c2ccc3oc4ccc(-n5c6ccncc6c6cnccc65)cc4c3c2)cc(-n2c3ccccc3c3ccccc32)c1. The molecule has 5 nitrogen and oxygen atoms in total. The number of hydrogen-bond acceptors (Lipinski definition) is 3. The molecule has 10 aromatic rings. The van der Waals surface area contributed by atoms with Gasteiger partial charge >= 0.3 is 0 Å². The summed E-state index contributed by atoms with van der Waals surface area (Å²) in [5.74, 6) is 0. The van der Waals surface area contributed by atoms with E-state index in [1.54, 1.807) is 0 Å². The van der Waals surface area contributed by atoms with E-state index in [0.29, 0.717) is 0 Å². The highest BCUT2D eigenvalue weighted by atomic mass is 16.3. The maximum atomic E-state index is 6.34. The van der Waals surface area contributed by atoms with Crippen LogP contribution in [-0.4, -0.2) is 19.1 Å². The fourth-order valence-corrected chi connectivity index (χ4v) is 7.10. The van der Waals surface area contributed by atoms with Crippen molar-refractivity contribution >= 4 is 65.6 Å². The largest absolute Gasteiger partial charge is 0.456 e. The third-order valence-electron chi connectivity index (χ3n) is 9.10. The van der Waals surface area contributed by atoms with Crippen molar-refractivity contribution in [3.63, 3.8) is 0 Å². The summed E-state index contributed by atoms with van der Waals surface area (Å²) in [6.45, 7) is 0. The van der Waals surface area contributed by atoms with Gasteiger partial charge in [0.1, 0.15) is 11.2 Å². The lowest BCUT2D eigenvalue weighted by Crippen LogP contribution is -1.94. The van der Waals surface area contributed by atoms with Crippen molar-refractivity contribution in [2.24, 2.45) is 0 Å². The van der Waals surface area contributed by atoms with Gasteiger partial charge in [-0.1, -0.05) is 54.6 Å². The number of nitrogens with zero attached hydrogens (tertiary/aromatic N) is 4. The van der Waals surface area contributed by atoms with Crippen molar-refractivity contribution in [3.05, 3.63) is 146 Å². The predicted octanol–water partition coefficient (Wildman–Crippen LogP) is 10.2. The minimum atomic E-state index is 0.869. The predicted molar refractivity (Wildman–Crippen MR) is 183 cm³/mol. The van der Waals surface area contributed by atoms with Crippen molar-refractivity contribution in [2.45, 2.75) is 0 Å². The van der Waals surface area contributed by atoms with Crippen LogP contribution >= 0.6 is 0 Å². The molecule has 45 heavy (non-hydrogen) atoms. The van der Waals surface area contributed by atoms with Crippen molar-refractivity contribution in [2.75, 3.05) is 0 Å². The van der Waals surface area contributed by atoms with Crippen LogP contribution in [0.3, 0.4) is 0 Å². The zero-order valence-corrected chi connectivity index (χ0v) is 24.1. The Morgan fingerprint density at radius 1 is 0.400 bits per heavy atom. The highest BCUT2D eigenvalue weighted by Crippen LogP contribution is 2.38. The Hall–Kier alpha value is -6.20. The highest BCUT2D eigenvalue weighted by molar-refractivity contribution is 6.11. The van der Waals surface area contributed by atoms with Gasteiger partial charge in [-0.15, -0.1) is 0 Å². The van der Waals surface area contributed by atoms with E-state index in [1.165, 1.54) is 21.8 Å². The Balaban J connectivity index is 1.15. The number of para-hydroxylation sites is 2. The van der Waals surface area contributed by atoms with E-state index in [9.17, 15) is 0 Å². The zero-order valence-electron chi connectivity index (χ0n) is 24.1. The second-order valence-electron chi connectivity index (χ2n) is 11.5. The number of fused-ring (bicyclic) bond motifs is 9. The van der Waals surface area contributed by atoms with E-state index >= 15 is 0 Å². The molecule has 0 spiro atoms. The summed E-state index contributed by atoms with van der Waals surface area (Å²) in [5, 5.41) is 6.87. The number of benzene rings is 5. The molecule has 0 N–H and O–H groups in total. The molecule has 210 valence electrons. The van der Waals surface area contributed by atoms with Crippen LogP contribution in [0, 0.1) is 0 Å². The minimum absolute atomic E-state index is 0.869. The van der Waals surface area contributed by atoms with E-state index < -0.39 is 0 Å². The Kier molecular flexibility index (Phi) is 4.93. The molecule has 5 heterocycles. The lowest BCUT2D eigenvalue weighted by molar-refractivity contribution is 0.669. The van der Waals surface area contributed by atoms with Crippen LogP contribution in [-0.2, 0) is 0 Å². The Bertz CT molecular complexity index is 2670. The van der Waals surface area contributed by atoms with Gasteiger partial charge in [0, 0.05) is 68.5 Å². The normalized spacial score (nSPS) is 12.0. The molecule has 5 heteroatoms. The molecule has 0 fully saturated rings. The summed E-state index contributed by atoms with van der Waals surface area (Å²) >= 11 is 0. The monoisotopic (exact) mass is 576 g/mol. The van der Waals surface area contributed by atoms with E-state index in [-0.39, 0.29) is 0 Å². The van der Waals surface area contributed by atoms with E-state index in [0.717, 1.165) is 66.2 Å². The summed E-state index contributed by atoms with van der Waals surface area (Å²) in [4.78, 5) is 8.77. The third-order valence-corrected chi connectivity index (χ3v) is 9.10. The zero-order chi connectivity index (χ0) is 29.5. The fraction of sp³-hybridized carbons (Fsp3) is 0. The molecule has 0 unspecified atom stereocenters. The number of hydrogen-bond donors (Lipinski definition) is 0. The van der Waals surface area contributed by atoms with Crippen molar-refractivity contribution in [1.29, 1.82) is 0 Å². The van der Waals surface area contributed by atoms with Crippen LogP contribution in [0.15, 0.2) is 151 Å². The van der Waals surface area contributed by atoms with E-state index in [4.69, 9.17) is 4.42 Å². The van der Waals surface area contributed by atoms with Crippen LogP contribution in [0.4, 0.5) is 0 Å². The average molecular weight is 577 g/mol. The van der Waals surface area contributed by atoms with E-state index in [2.05, 4.69) is 140 Å². The number of furan rings is 1. The van der Waals surface area contributed by atoms with Crippen LogP contribution in [0.5, 0.6) is 0 Å². The Labute approximate surface area is 257 Å². The van der Waals surface area contributed by atoms with Gasteiger partial charge in [0.2, 0.25) is 0 Å². The summed E-state index contributed by atoms with van der Waals surface area (Å²) < 4.78 is 11.0. The molecular weight excluding hydrogens is 552 g/mol. The molecule has 0 bridgehead atoms. The van der Waals surface area contributed by atoms with Gasteiger partial charge in [-0.25, -0.2) is 0 Å². The topological polar surface area (TPSA) is 48.8 Å². The fourth-order valence-electron chi connectivity index (χ4n) is 7.10. The van der Waals surface area contributed by atoms with E-state index in [1.807, 2.05) is 24.8 Å². The van der Waals surface area contributed by atoms with Crippen LogP contribution < -0.4 is 0 Å². The van der Waals surface area contributed by atoms with Crippen LogP contribution in [0.25, 0.3) is 88.1 Å². The number of aromatic nitrogens is 4. The lowest BCUT2D eigenvalue weighted by Gasteiger charge is -2.10. The summed E-state index contributed by atoms with van der Waals surface area (Å²) in [6.07, 6.45) is 7.52. The summed E-state index contributed by atoms with van der Waals surface area (Å²) in [7, 11) is 0. The molecule has 0 aliphatic heterocycles. The maximum absolute atomic E-state index is 6.34. The van der Waals surface area contributed by atoms with Crippen LogP contribution in [0.1, 0.15) is 0 Å². The minimum Gasteiger partial charge on any atom is -0.456 e. The summed E-state index contributed by atoms with van der Waals surface area (Å²) in [6, 6.07) is 43.2. The average Bonchev–Trinajstić information content (AvgIpc) is 3.75. The molecular formula is C40H24N4O. The molecule has 0 aliphatic rings. The standard InChI is InChI=1S/C40H24N4O/c1-3-10-35-29(8-1)30-9-2-4-11-36(30)43(35)27-7-5-6-25(20-27)26-12-14-39-31(21-26)32-22-28(13-15-40(32)45-39)44-37-16-18-41-23-33(37)34-24-42-19-17-38(34)44/h1-24H. The van der Waals surface area contributed by atoms with Gasteiger partial charge in [0.25, 0.3) is 0 Å². The highest BCUT2D eigenvalue weighted by Gasteiger charge is 2.16. The smallest absolute Gasteiger partial charge is 0.135 e. The number of pyridine rings is 2. The van der Waals surface area contributed by atoms with Gasteiger partial charge in [0.05, 0.1) is 22.1 Å². The first-order chi connectivity index (χ1) is 22.3. The molecule has 0 atom stereocenters. The van der Waals surface area contributed by atoms with Gasteiger partial charge in [-0.05, 0) is 77.9 Å². The quantitative estimate of drug-likeness (QED) is 0.210. The molecule has 0 radical (unpaired) electrons. The van der Waals surface area contributed by atoms with Crippen LogP contribution in [0.2, 0.25) is 0 Å². The van der Waals surface area contributed by atoms with Gasteiger partial charge in [-0.3, -0.25) is 9.97 Å². The molecule has 0 saturated heterocycles. The first-order valence-corrected chi connectivity index (χ1v) is 15.1. The number of rotatable bonds is 3. The molecule has 0 amide bonds. The maximum Gasteiger partial charge on any atom is 0.135 e. The molecule has 5 aromatic heterocycles. The third kappa shape index (κ3) is 3.49. The first kappa shape index (κ1) is 24.3. The molecule has 0 aliphatic carbocycles. The summed E-state index contributed by atoms with van der Waals surface area (Å²) in [5.41, 5.74) is 10.9. The Morgan fingerprint density at radius 3 is 1.64 bits per heavy atom. The molecule has 5 aromatic carbocycles. The Morgan fingerprint density at radius 2 is 0.956 bits per heavy atom. The molecule has 10 rings (SSSR count). The van der Waals surface area contributed by atoms with Gasteiger partial charge in [0.15, 0.2) is 0 Å². The van der Waals surface area contributed by atoms with Crippen molar-refractivity contribution in [1.82, 2.24) is 19.1 Å². The van der Waals surface area contributed by atoms with Gasteiger partial charge < -0.3 is 13.6 Å². The van der Waals surface area contributed by atoms with Gasteiger partial charge in [-0.2, -0.15) is 0 Å². The van der Waals surface area contributed by atoms with Crippen molar-refractivity contribution < 1.29 is 4.42 Å². The lowest BCUT2D eigenvalue weighted by atomic mass is 10.0. The second-order valence-corrected chi connectivity index (χ2v) is 11.5. The molecule has 0 saturated carbocycles. The second kappa shape index (κ2) is 9.15. The van der Waals surface area contributed by atoms with Crippen molar-refractivity contribution in [3.8, 4) is 22.5 Å².